The summed E-state index contributed by atoms with van der Waals surface area (Å²) in [6, 6.07) is 5.98. The fraction of sp³-hybridized carbons (Fsp3) is 0.588. The van der Waals surface area contributed by atoms with Gasteiger partial charge in [0.2, 0.25) is 0 Å². The quantitative estimate of drug-likeness (QED) is 0.610. The molecule has 1 aromatic carbocycles. The summed E-state index contributed by atoms with van der Waals surface area (Å²) >= 11 is 0. The van der Waals surface area contributed by atoms with Crippen LogP contribution < -0.4 is 5.32 Å². The summed E-state index contributed by atoms with van der Waals surface area (Å²) in [6.07, 6.45) is 0.981. The van der Waals surface area contributed by atoms with Gasteiger partial charge in [0.25, 0.3) is 11.6 Å². The molecule has 0 spiro atoms. The number of carbonyl (C=O) groups excluding carboxylic acids is 1. The van der Waals surface area contributed by atoms with E-state index in [1.807, 2.05) is 0 Å². The third-order valence-electron chi connectivity index (χ3n) is 4.81. The lowest BCUT2D eigenvalue weighted by Gasteiger charge is -2.37. The highest BCUT2D eigenvalue weighted by Gasteiger charge is 2.31. The molecule has 1 aromatic rings. The molecule has 2 atom stereocenters. The molecule has 0 unspecified atom stereocenters. The molecule has 0 bridgehead atoms. The molecular weight excluding hydrogens is 326 g/mol. The Labute approximate surface area is 146 Å². The first kappa shape index (κ1) is 17.8. The molecule has 25 heavy (non-hydrogen) atoms. The van der Waals surface area contributed by atoms with Crippen molar-refractivity contribution in [2.75, 3.05) is 46.1 Å². The SMILES string of the molecule is O=C(NC[C@H]([C@H]1CCOC1)N1CCOCC1)c1cccc([N+](=O)[O-])c1. The second kappa shape index (κ2) is 8.37. The van der Waals surface area contributed by atoms with Crippen molar-refractivity contribution in [1.82, 2.24) is 10.2 Å². The number of benzene rings is 1. The summed E-state index contributed by atoms with van der Waals surface area (Å²) in [5.41, 5.74) is 0.221. The van der Waals surface area contributed by atoms with Gasteiger partial charge in [0.15, 0.2) is 0 Å². The average molecular weight is 349 g/mol. The first-order chi connectivity index (χ1) is 12.1. The molecule has 8 nitrogen and oxygen atoms in total. The Bertz CT molecular complexity index is 612. The van der Waals surface area contributed by atoms with Gasteiger partial charge in [0.05, 0.1) is 24.7 Å². The number of nitro groups is 1. The first-order valence-electron chi connectivity index (χ1n) is 8.57. The summed E-state index contributed by atoms with van der Waals surface area (Å²) in [5, 5.41) is 13.8. The zero-order valence-electron chi connectivity index (χ0n) is 14.1. The lowest BCUT2D eigenvalue weighted by molar-refractivity contribution is -0.384. The van der Waals surface area contributed by atoms with Crippen LogP contribution in [0.5, 0.6) is 0 Å². The van der Waals surface area contributed by atoms with Gasteiger partial charge in [0.1, 0.15) is 0 Å². The molecule has 2 aliphatic heterocycles. The fourth-order valence-corrected chi connectivity index (χ4v) is 3.42. The Balaban J connectivity index is 1.64. The van der Waals surface area contributed by atoms with Crippen LogP contribution in [0.3, 0.4) is 0 Å². The van der Waals surface area contributed by atoms with E-state index in [1.54, 1.807) is 6.07 Å². The number of nitro benzene ring substituents is 1. The number of carbonyl (C=O) groups is 1. The molecule has 2 saturated heterocycles. The van der Waals surface area contributed by atoms with Crippen molar-refractivity contribution >= 4 is 11.6 Å². The van der Waals surface area contributed by atoms with E-state index in [4.69, 9.17) is 9.47 Å². The van der Waals surface area contributed by atoms with Gasteiger partial charge in [0, 0.05) is 55.9 Å². The summed E-state index contributed by atoms with van der Waals surface area (Å²) < 4.78 is 10.9. The standard InChI is InChI=1S/C17H23N3O5/c21-17(13-2-1-3-15(10-13)20(22)23)18-11-16(14-4-7-25-12-14)19-5-8-24-9-6-19/h1-3,10,14,16H,4-9,11-12H2,(H,18,21)/t14-,16+/m0/s1. The predicted molar refractivity (Wildman–Crippen MR) is 90.5 cm³/mol. The van der Waals surface area contributed by atoms with Crippen LogP contribution in [0, 0.1) is 16.0 Å². The van der Waals surface area contributed by atoms with Crippen LogP contribution >= 0.6 is 0 Å². The zero-order valence-corrected chi connectivity index (χ0v) is 14.1. The van der Waals surface area contributed by atoms with Gasteiger partial charge >= 0.3 is 0 Å². The van der Waals surface area contributed by atoms with E-state index in [1.165, 1.54) is 18.2 Å². The lowest BCUT2D eigenvalue weighted by atomic mass is 9.96. The minimum atomic E-state index is -0.497. The zero-order chi connectivity index (χ0) is 17.6. The molecule has 8 heteroatoms. The molecule has 0 aliphatic carbocycles. The van der Waals surface area contributed by atoms with Crippen molar-refractivity contribution in [3.63, 3.8) is 0 Å². The van der Waals surface area contributed by atoms with Gasteiger partial charge < -0.3 is 14.8 Å². The van der Waals surface area contributed by atoms with E-state index in [9.17, 15) is 14.9 Å². The van der Waals surface area contributed by atoms with E-state index in [-0.39, 0.29) is 17.6 Å². The highest BCUT2D eigenvalue weighted by atomic mass is 16.6. The minimum Gasteiger partial charge on any atom is -0.381 e. The van der Waals surface area contributed by atoms with Crippen molar-refractivity contribution in [1.29, 1.82) is 0 Å². The van der Waals surface area contributed by atoms with Crippen LogP contribution in [-0.4, -0.2) is 67.8 Å². The summed E-state index contributed by atoms with van der Waals surface area (Å²) in [5.74, 6) is 0.0874. The van der Waals surface area contributed by atoms with Gasteiger partial charge in [-0.15, -0.1) is 0 Å². The van der Waals surface area contributed by atoms with Gasteiger partial charge in [-0.05, 0) is 12.5 Å². The lowest BCUT2D eigenvalue weighted by Crippen LogP contribution is -2.52. The maximum atomic E-state index is 12.4. The van der Waals surface area contributed by atoms with E-state index in [0.29, 0.717) is 37.8 Å². The minimum absolute atomic E-state index is 0.0819. The average Bonchev–Trinajstić information content (AvgIpc) is 3.17. The summed E-state index contributed by atoms with van der Waals surface area (Å²) in [6.45, 7) is 5.03. The second-order valence-corrected chi connectivity index (χ2v) is 6.36. The molecule has 3 rings (SSSR count). The number of morpholine rings is 1. The van der Waals surface area contributed by atoms with Crippen molar-refractivity contribution < 1.29 is 19.2 Å². The predicted octanol–water partition coefficient (Wildman–Crippen LogP) is 1.06. The molecule has 1 amide bonds. The summed E-state index contributed by atoms with van der Waals surface area (Å²) in [7, 11) is 0. The number of amides is 1. The van der Waals surface area contributed by atoms with Crippen molar-refractivity contribution in [3.05, 3.63) is 39.9 Å². The highest BCUT2D eigenvalue weighted by Crippen LogP contribution is 2.22. The Morgan fingerprint density at radius 2 is 2.12 bits per heavy atom. The van der Waals surface area contributed by atoms with Crippen LogP contribution in [0.1, 0.15) is 16.8 Å². The van der Waals surface area contributed by atoms with E-state index < -0.39 is 4.92 Å². The van der Waals surface area contributed by atoms with E-state index in [2.05, 4.69) is 10.2 Å². The monoisotopic (exact) mass is 349 g/mol. The Hall–Kier alpha value is -2.03. The normalized spacial score (nSPS) is 22.5. The molecule has 1 N–H and O–H groups in total. The third-order valence-corrected chi connectivity index (χ3v) is 4.81. The fourth-order valence-electron chi connectivity index (χ4n) is 3.42. The number of hydrogen-bond acceptors (Lipinski definition) is 6. The Kier molecular flexibility index (Phi) is 5.95. The molecule has 0 saturated carbocycles. The molecule has 136 valence electrons. The number of hydrogen-bond donors (Lipinski definition) is 1. The number of nitrogens with zero attached hydrogens (tertiary/aromatic N) is 2. The van der Waals surface area contributed by atoms with E-state index >= 15 is 0 Å². The highest BCUT2D eigenvalue weighted by molar-refractivity contribution is 5.94. The number of nitrogens with one attached hydrogen (secondary N) is 1. The molecule has 0 aromatic heterocycles. The van der Waals surface area contributed by atoms with Gasteiger partial charge in [-0.25, -0.2) is 0 Å². The molecule has 0 radical (unpaired) electrons. The van der Waals surface area contributed by atoms with Gasteiger partial charge in [-0.1, -0.05) is 6.07 Å². The van der Waals surface area contributed by atoms with Crippen LogP contribution in [0.2, 0.25) is 0 Å². The topological polar surface area (TPSA) is 93.9 Å². The van der Waals surface area contributed by atoms with Crippen LogP contribution in [0.25, 0.3) is 0 Å². The molecular formula is C17H23N3O5. The van der Waals surface area contributed by atoms with Crippen molar-refractivity contribution in [2.24, 2.45) is 5.92 Å². The first-order valence-corrected chi connectivity index (χ1v) is 8.57. The summed E-state index contributed by atoms with van der Waals surface area (Å²) in [4.78, 5) is 25.1. The Morgan fingerprint density at radius 3 is 2.80 bits per heavy atom. The molecule has 2 heterocycles. The van der Waals surface area contributed by atoms with Gasteiger partial charge in [-0.2, -0.15) is 0 Å². The second-order valence-electron chi connectivity index (χ2n) is 6.36. The maximum Gasteiger partial charge on any atom is 0.270 e. The van der Waals surface area contributed by atoms with Crippen LogP contribution in [0.15, 0.2) is 24.3 Å². The largest absolute Gasteiger partial charge is 0.381 e. The number of non-ortho nitro benzene ring substituents is 1. The van der Waals surface area contributed by atoms with Gasteiger partial charge in [-0.3, -0.25) is 19.8 Å². The van der Waals surface area contributed by atoms with E-state index in [0.717, 1.165) is 26.1 Å². The third kappa shape index (κ3) is 4.53. The van der Waals surface area contributed by atoms with Crippen LogP contribution in [-0.2, 0) is 9.47 Å². The van der Waals surface area contributed by atoms with Crippen molar-refractivity contribution in [2.45, 2.75) is 12.5 Å². The van der Waals surface area contributed by atoms with Crippen LogP contribution in [0.4, 0.5) is 5.69 Å². The molecule has 2 aliphatic rings. The molecule has 2 fully saturated rings. The Morgan fingerprint density at radius 1 is 1.32 bits per heavy atom. The van der Waals surface area contributed by atoms with Crippen molar-refractivity contribution in [3.8, 4) is 0 Å². The smallest absolute Gasteiger partial charge is 0.270 e. The number of rotatable bonds is 6. The maximum absolute atomic E-state index is 12.4. The number of ether oxygens (including phenoxy) is 2.